The van der Waals surface area contributed by atoms with E-state index in [1.807, 2.05) is 0 Å². The van der Waals surface area contributed by atoms with Gasteiger partial charge >= 0.3 is 0 Å². The number of carbonyl (C=O) groups excluding carboxylic acids is 1. The summed E-state index contributed by atoms with van der Waals surface area (Å²) < 4.78 is 0. The van der Waals surface area contributed by atoms with Crippen molar-refractivity contribution in [3.63, 3.8) is 0 Å². The second kappa shape index (κ2) is 3.76. The van der Waals surface area contributed by atoms with Gasteiger partial charge in [-0.15, -0.1) is 11.3 Å². The molecule has 0 amide bonds. The summed E-state index contributed by atoms with van der Waals surface area (Å²) >= 11 is 1.71. The smallest absolute Gasteiger partial charge is 0.169 e. The van der Waals surface area contributed by atoms with Gasteiger partial charge in [0.1, 0.15) is 0 Å². The molecular weight excluding hydrogens is 264 g/mol. The average Bonchev–Trinajstić information content (AvgIpc) is 2.69. The molecule has 108 valence electrons. The Morgan fingerprint density at radius 2 is 1.80 bits per heavy atom. The van der Waals surface area contributed by atoms with Crippen LogP contribution in [0, 0.1) is 29.1 Å². The third kappa shape index (κ3) is 1.76. The minimum atomic E-state index is -0.0313. The lowest BCUT2D eigenvalue weighted by Gasteiger charge is -2.64. The zero-order valence-corrected chi connectivity index (χ0v) is 13.6. The van der Waals surface area contributed by atoms with Crippen LogP contribution >= 0.6 is 11.3 Å². The van der Waals surface area contributed by atoms with E-state index in [0.717, 1.165) is 30.7 Å². The molecule has 0 N–H and O–H groups in total. The molecule has 0 aliphatic heterocycles. The van der Waals surface area contributed by atoms with Crippen molar-refractivity contribution in [2.45, 2.75) is 59.3 Å². The molecule has 4 aliphatic carbocycles. The summed E-state index contributed by atoms with van der Waals surface area (Å²) in [6.45, 7) is 6.98. The molecule has 2 unspecified atom stereocenters. The van der Waals surface area contributed by atoms with E-state index in [2.05, 4.69) is 32.2 Å². The van der Waals surface area contributed by atoms with E-state index in [1.54, 1.807) is 11.3 Å². The first-order chi connectivity index (χ1) is 9.32. The Labute approximate surface area is 125 Å². The molecule has 1 aromatic rings. The average molecular weight is 288 g/mol. The number of hydrogen-bond acceptors (Lipinski definition) is 2. The van der Waals surface area contributed by atoms with Crippen LogP contribution in [0.5, 0.6) is 0 Å². The normalized spacial score (nSPS) is 45.9. The van der Waals surface area contributed by atoms with Crippen LogP contribution in [-0.2, 0) is 0 Å². The van der Waals surface area contributed by atoms with Crippen molar-refractivity contribution in [3.05, 3.63) is 21.9 Å². The third-order valence-corrected chi connectivity index (χ3v) is 6.96. The number of aryl methyl sites for hydroxylation is 1. The number of hydrogen-bond donors (Lipinski definition) is 0. The van der Waals surface area contributed by atoms with Gasteiger partial charge in [0.2, 0.25) is 0 Å². The van der Waals surface area contributed by atoms with Gasteiger partial charge in [0.15, 0.2) is 5.78 Å². The van der Waals surface area contributed by atoms with Crippen LogP contribution in [-0.4, -0.2) is 5.78 Å². The van der Waals surface area contributed by atoms with E-state index in [9.17, 15) is 4.79 Å². The molecule has 4 fully saturated rings. The van der Waals surface area contributed by atoms with Crippen LogP contribution in [0.4, 0.5) is 0 Å². The maximum Gasteiger partial charge on any atom is 0.169 e. The fourth-order valence-corrected chi connectivity index (χ4v) is 7.25. The minimum Gasteiger partial charge on any atom is -0.294 e. The molecule has 4 saturated carbocycles. The van der Waals surface area contributed by atoms with E-state index < -0.39 is 0 Å². The summed E-state index contributed by atoms with van der Waals surface area (Å²) in [5.41, 5.74) is 1.81. The number of Topliss-reactive ketones (excluding diaryl/α,β-unsaturated/α-hetero) is 1. The van der Waals surface area contributed by atoms with Crippen LogP contribution in [0.1, 0.15) is 67.6 Å². The summed E-state index contributed by atoms with van der Waals surface area (Å²) in [4.78, 5) is 14.5. The van der Waals surface area contributed by atoms with Gasteiger partial charge in [-0.3, -0.25) is 4.79 Å². The van der Waals surface area contributed by atoms with E-state index in [1.165, 1.54) is 24.1 Å². The predicted octanol–water partition coefficient (Wildman–Crippen LogP) is 5.24. The molecule has 4 bridgehead atoms. The lowest BCUT2D eigenvalue weighted by atomic mass is 9.39. The first-order valence-electron chi connectivity index (χ1n) is 7.92. The van der Waals surface area contributed by atoms with E-state index in [-0.39, 0.29) is 5.41 Å². The highest BCUT2D eigenvalue weighted by molar-refractivity contribution is 7.10. The molecule has 0 saturated heterocycles. The SMILES string of the molecule is Cc1cc(C(=O)C23CC4CC(C)(CC(C)(C4)C2)C3)cs1. The zero-order valence-electron chi connectivity index (χ0n) is 12.8. The fraction of sp³-hybridized carbons (Fsp3) is 0.722. The molecule has 4 aliphatic rings. The van der Waals surface area contributed by atoms with Crippen molar-refractivity contribution >= 4 is 17.1 Å². The van der Waals surface area contributed by atoms with Gasteiger partial charge in [-0.2, -0.15) is 0 Å². The summed E-state index contributed by atoms with van der Waals surface area (Å²) in [7, 11) is 0. The van der Waals surface area contributed by atoms with Crippen molar-refractivity contribution in [2.75, 3.05) is 0 Å². The molecular formula is C18H24OS. The Bertz CT molecular complexity index is 566. The molecule has 1 nitrogen and oxygen atoms in total. The van der Waals surface area contributed by atoms with Crippen LogP contribution < -0.4 is 0 Å². The van der Waals surface area contributed by atoms with Gasteiger partial charge < -0.3 is 0 Å². The van der Waals surface area contributed by atoms with Crippen molar-refractivity contribution in [3.8, 4) is 0 Å². The van der Waals surface area contributed by atoms with E-state index in [4.69, 9.17) is 0 Å². The fourth-order valence-electron chi connectivity index (χ4n) is 6.57. The summed E-state index contributed by atoms with van der Waals surface area (Å²) in [5, 5.41) is 2.08. The first-order valence-corrected chi connectivity index (χ1v) is 8.80. The largest absolute Gasteiger partial charge is 0.294 e. The van der Waals surface area contributed by atoms with Crippen LogP contribution in [0.25, 0.3) is 0 Å². The van der Waals surface area contributed by atoms with Gasteiger partial charge in [0.25, 0.3) is 0 Å². The number of ketones is 1. The highest BCUT2D eigenvalue weighted by atomic mass is 32.1. The van der Waals surface area contributed by atoms with E-state index >= 15 is 0 Å². The molecule has 1 aromatic heterocycles. The quantitative estimate of drug-likeness (QED) is 0.680. The molecule has 20 heavy (non-hydrogen) atoms. The second-order valence-electron chi connectivity index (χ2n) is 8.69. The number of rotatable bonds is 2. The van der Waals surface area contributed by atoms with Gasteiger partial charge in [-0.05, 0) is 68.3 Å². The van der Waals surface area contributed by atoms with Gasteiger partial charge in [-0.25, -0.2) is 0 Å². The van der Waals surface area contributed by atoms with Crippen LogP contribution in [0.3, 0.4) is 0 Å². The number of thiophene rings is 1. The molecule has 2 atom stereocenters. The zero-order chi connectivity index (χ0) is 14.2. The van der Waals surface area contributed by atoms with Gasteiger partial charge in [0, 0.05) is 21.2 Å². The molecule has 1 heterocycles. The molecule has 0 aromatic carbocycles. The van der Waals surface area contributed by atoms with Crippen LogP contribution in [0.15, 0.2) is 11.4 Å². The lowest BCUT2D eigenvalue weighted by Crippen LogP contribution is -2.57. The van der Waals surface area contributed by atoms with Crippen molar-refractivity contribution < 1.29 is 4.79 Å². The standard InChI is InChI=1S/C18H24OS/c1-12-4-14(8-20-12)15(19)18-7-13-5-16(2,10-18)9-17(3,6-13)11-18/h4,8,13H,5-7,9-11H2,1-3H3. The maximum atomic E-state index is 13.2. The first kappa shape index (κ1) is 13.1. The summed E-state index contributed by atoms with van der Waals surface area (Å²) in [5.74, 6) is 1.26. The van der Waals surface area contributed by atoms with Gasteiger partial charge in [-0.1, -0.05) is 13.8 Å². The molecule has 0 spiro atoms. The summed E-state index contributed by atoms with van der Waals surface area (Å²) in [6, 6.07) is 2.11. The Kier molecular flexibility index (Phi) is 2.46. The van der Waals surface area contributed by atoms with Crippen molar-refractivity contribution in [2.24, 2.45) is 22.2 Å². The number of carbonyl (C=O) groups is 1. The predicted molar refractivity (Wildman–Crippen MR) is 83.2 cm³/mol. The van der Waals surface area contributed by atoms with E-state index in [0.29, 0.717) is 16.6 Å². The molecule has 5 rings (SSSR count). The van der Waals surface area contributed by atoms with Crippen LogP contribution in [0.2, 0.25) is 0 Å². The molecule has 0 radical (unpaired) electrons. The summed E-state index contributed by atoms with van der Waals surface area (Å²) in [6.07, 6.45) is 7.50. The Morgan fingerprint density at radius 1 is 1.15 bits per heavy atom. The van der Waals surface area contributed by atoms with Crippen molar-refractivity contribution in [1.29, 1.82) is 0 Å². The highest BCUT2D eigenvalue weighted by Gasteiger charge is 2.62. The lowest BCUT2D eigenvalue weighted by molar-refractivity contribution is -0.125. The highest BCUT2D eigenvalue weighted by Crippen LogP contribution is 2.70. The monoisotopic (exact) mass is 288 g/mol. The Morgan fingerprint density at radius 3 is 2.30 bits per heavy atom. The van der Waals surface area contributed by atoms with Crippen molar-refractivity contribution in [1.82, 2.24) is 0 Å². The third-order valence-electron chi connectivity index (χ3n) is 6.10. The Balaban J connectivity index is 1.75. The second-order valence-corrected chi connectivity index (χ2v) is 9.80. The molecule has 2 heteroatoms. The maximum absolute atomic E-state index is 13.2. The minimum absolute atomic E-state index is 0.0313. The Hall–Kier alpha value is -0.630. The topological polar surface area (TPSA) is 17.1 Å². The van der Waals surface area contributed by atoms with Gasteiger partial charge in [0.05, 0.1) is 0 Å².